The molecule has 1 saturated heterocycles. The van der Waals surface area contributed by atoms with E-state index in [1.807, 2.05) is 18.2 Å². The van der Waals surface area contributed by atoms with Crippen molar-refractivity contribution >= 4 is 33.2 Å². The second-order valence-electron chi connectivity index (χ2n) is 5.65. The topological polar surface area (TPSA) is 66.5 Å². The molecule has 1 aliphatic rings. The molecule has 5 nitrogen and oxygen atoms in total. The van der Waals surface area contributed by atoms with Gasteiger partial charge in [-0.05, 0) is 42.8 Å². The van der Waals surface area contributed by atoms with E-state index in [-0.39, 0.29) is 17.5 Å². The Balaban J connectivity index is 1.68. The lowest BCUT2D eigenvalue weighted by atomic mass is 10.3. The summed E-state index contributed by atoms with van der Waals surface area (Å²) in [5, 5.41) is 2.67. The predicted molar refractivity (Wildman–Crippen MR) is 94.1 cm³/mol. The van der Waals surface area contributed by atoms with Gasteiger partial charge in [0.05, 0.1) is 10.1 Å². The number of sulfone groups is 1. The van der Waals surface area contributed by atoms with Crippen molar-refractivity contribution in [2.75, 3.05) is 18.4 Å². The number of nitrogens with zero attached hydrogens (tertiary/aromatic N) is 1. The number of carbonyl (C=O) groups excluding carboxylic acids is 1. The summed E-state index contributed by atoms with van der Waals surface area (Å²) >= 11 is 5.81. The zero-order chi connectivity index (χ0) is 17.2. The van der Waals surface area contributed by atoms with Crippen LogP contribution >= 0.6 is 11.6 Å². The van der Waals surface area contributed by atoms with Crippen molar-refractivity contribution in [1.29, 1.82) is 0 Å². The van der Waals surface area contributed by atoms with Crippen LogP contribution in [0, 0.1) is 0 Å². The largest absolute Gasteiger partial charge is 0.323 e. The minimum atomic E-state index is -3.48. The van der Waals surface area contributed by atoms with E-state index < -0.39 is 15.1 Å². The molecule has 1 atom stereocenters. The van der Waals surface area contributed by atoms with E-state index in [1.165, 1.54) is 17.0 Å². The molecule has 2 amide bonds. The summed E-state index contributed by atoms with van der Waals surface area (Å²) in [6, 6.07) is 14.9. The molecule has 0 bridgehead atoms. The molecule has 7 heteroatoms. The van der Waals surface area contributed by atoms with Gasteiger partial charge in [0.15, 0.2) is 9.84 Å². The van der Waals surface area contributed by atoms with E-state index in [9.17, 15) is 13.2 Å². The number of halogens is 1. The minimum Gasteiger partial charge on any atom is -0.323 e. The Morgan fingerprint density at radius 2 is 1.75 bits per heavy atom. The number of anilines is 1. The highest BCUT2D eigenvalue weighted by Crippen LogP contribution is 2.25. The van der Waals surface area contributed by atoms with Gasteiger partial charge in [0.2, 0.25) is 0 Å². The highest BCUT2D eigenvalue weighted by Gasteiger charge is 2.36. The number of urea groups is 1. The van der Waals surface area contributed by atoms with Crippen LogP contribution in [0.5, 0.6) is 0 Å². The summed E-state index contributed by atoms with van der Waals surface area (Å²) in [6.07, 6.45) is 0.424. The Kier molecular flexibility index (Phi) is 4.78. The Bertz CT molecular complexity index is 823. The molecule has 0 aliphatic carbocycles. The van der Waals surface area contributed by atoms with Crippen LogP contribution in [0.15, 0.2) is 59.5 Å². The van der Waals surface area contributed by atoms with Crippen LogP contribution in [0.1, 0.15) is 6.42 Å². The first kappa shape index (κ1) is 16.8. The number of para-hydroxylation sites is 1. The van der Waals surface area contributed by atoms with Gasteiger partial charge in [0.1, 0.15) is 0 Å². The quantitative estimate of drug-likeness (QED) is 0.907. The first-order valence-electron chi connectivity index (χ1n) is 7.57. The highest BCUT2D eigenvalue weighted by atomic mass is 35.5. The zero-order valence-electron chi connectivity index (χ0n) is 12.9. The average Bonchev–Trinajstić information content (AvgIpc) is 3.07. The van der Waals surface area contributed by atoms with E-state index >= 15 is 0 Å². The average molecular weight is 365 g/mol. The summed E-state index contributed by atoms with van der Waals surface area (Å²) < 4.78 is 25.3. The van der Waals surface area contributed by atoms with Gasteiger partial charge in [-0.1, -0.05) is 29.8 Å². The molecule has 1 aliphatic heterocycles. The smallest absolute Gasteiger partial charge is 0.321 e. The molecule has 126 valence electrons. The molecule has 2 aromatic carbocycles. The number of nitrogens with one attached hydrogen (secondary N) is 1. The molecule has 1 N–H and O–H groups in total. The normalized spacial score (nSPS) is 17.7. The lowest BCUT2D eigenvalue weighted by Gasteiger charge is -2.17. The summed E-state index contributed by atoms with van der Waals surface area (Å²) in [4.78, 5) is 14.0. The van der Waals surface area contributed by atoms with Crippen molar-refractivity contribution in [1.82, 2.24) is 4.90 Å². The second kappa shape index (κ2) is 6.83. The van der Waals surface area contributed by atoms with Crippen molar-refractivity contribution < 1.29 is 13.2 Å². The fourth-order valence-corrected chi connectivity index (χ4v) is 4.52. The van der Waals surface area contributed by atoms with E-state index in [0.29, 0.717) is 23.7 Å². The van der Waals surface area contributed by atoms with Crippen molar-refractivity contribution in [3.05, 3.63) is 59.6 Å². The van der Waals surface area contributed by atoms with E-state index in [0.717, 1.165) is 0 Å². The monoisotopic (exact) mass is 364 g/mol. The fraction of sp³-hybridized carbons (Fsp3) is 0.235. The molecule has 2 aromatic rings. The van der Waals surface area contributed by atoms with Gasteiger partial charge in [-0.15, -0.1) is 0 Å². The van der Waals surface area contributed by atoms with Gasteiger partial charge in [0.25, 0.3) is 0 Å². The van der Waals surface area contributed by atoms with Gasteiger partial charge in [-0.25, -0.2) is 13.2 Å². The van der Waals surface area contributed by atoms with Gasteiger partial charge in [-0.3, -0.25) is 0 Å². The van der Waals surface area contributed by atoms with Gasteiger partial charge in [0, 0.05) is 23.8 Å². The van der Waals surface area contributed by atoms with E-state index in [1.54, 1.807) is 24.3 Å². The van der Waals surface area contributed by atoms with E-state index in [4.69, 9.17) is 11.6 Å². The first-order valence-corrected chi connectivity index (χ1v) is 9.50. The minimum absolute atomic E-state index is 0.184. The lowest BCUT2D eigenvalue weighted by molar-refractivity contribution is 0.222. The van der Waals surface area contributed by atoms with Crippen LogP contribution in [-0.4, -0.2) is 37.7 Å². The van der Waals surface area contributed by atoms with E-state index in [2.05, 4.69) is 5.32 Å². The van der Waals surface area contributed by atoms with Crippen LogP contribution in [-0.2, 0) is 9.84 Å². The van der Waals surface area contributed by atoms with Crippen LogP contribution in [0.4, 0.5) is 10.5 Å². The molecule has 1 heterocycles. The number of rotatable bonds is 3. The van der Waals surface area contributed by atoms with Crippen molar-refractivity contribution in [3.8, 4) is 0 Å². The standard InChI is InChI=1S/C17H17ClN2O3S/c18-13-6-8-15(9-7-13)24(22,23)16-10-11-20(12-16)17(21)19-14-4-2-1-3-5-14/h1-9,16H,10-12H2,(H,19,21). The summed E-state index contributed by atoms with van der Waals surface area (Å²) in [7, 11) is -3.48. The fourth-order valence-electron chi connectivity index (χ4n) is 2.71. The van der Waals surface area contributed by atoms with Crippen molar-refractivity contribution in [2.24, 2.45) is 0 Å². The lowest BCUT2D eigenvalue weighted by Crippen LogP contribution is -2.35. The third-order valence-corrected chi connectivity index (χ3v) is 6.48. The highest BCUT2D eigenvalue weighted by molar-refractivity contribution is 7.92. The molecule has 0 aromatic heterocycles. The predicted octanol–water partition coefficient (Wildman–Crippen LogP) is 3.42. The number of hydrogen-bond acceptors (Lipinski definition) is 3. The third kappa shape index (κ3) is 3.55. The maximum Gasteiger partial charge on any atom is 0.321 e. The molecular formula is C17H17ClN2O3S. The molecule has 1 fully saturated rings. The summed E-state index contributed by atoms with van der Waals surface area (Å²) in [5.74, 6) is 0. The zero-order valence-corrected chi connectivity index (χ0v) is 14.4. The molecule has 0 spiro atoms. The van der Waals surface area contributed by atoms with Gasteiger partial charge >= 0.3 is 6.03 Å². The molecule has 1 unspecified atom stereocenters. The third-order valence-electron chi connectivity index (χ3n) is 4.04. The molecule has 24 heavy (non-hydrogen) atoms. The Morgan fingerprint density at radius 1 is 1.08 bits per heavy atom. The van der Waals surface area contributed by atoms with Crippen molar-refractivity contribution in [3.63, 3.8) is 0 Å². The maximum atomic E-state index is 12.7. The van der Waals surface area contributed by atoms with Crippen LogP contribution < -0.4 is 5.32 Å². The second-order valence-corrected chi connectivity index (χ2v) is 8.32. The summed E-state index contributed by atoms with van der Waals surface area (Å²) in [6.45, 7) is 0.597. The first-order chi connectivity index (χ1) is 11.5. The van der Waals surface area contributed by atoms with Gasteiger partial charge < -0.3 is 10.2 Å². The number of hydrogen-bond donors (Lipinski definition) is 1. The number of carbonyl (C=O) groups is 1. The maximum absolute atomic E-state index is 12.7. The van der Waals surface area contributed by atoms with Crippen LogP contribution in [0.3, 0.4) is 0 Å². The number of benzene rings is 2. The Hall–Kier alpha value is -2.05. The van der Waals surface area contributed by atoms with Crippen LogP contribution in [0.2, 0.25) is 5.02 Å². The SMILES string of the molecule is O=C(Nc1ccccc1)N1CCC(S(=O)(=O)c2ccc(Cl)cc2)C1. The molecular weight excluding hydrogens is 348 g/mol. The Labute approximate surface area is 146 Å². The molecule has 0 saturated carbocycles. The van der Waals surface area contributed by atoms with Crippen LogP contribution in [0.25, 0.3) is 0 Å². The Morgan fingerprint density at radius 3 is 2.42 bits per heavy atom. The summed E-state index contributed by atoms with van der Waals surface area (Å²) in [5.41, 5.74) is 0.687. The molecule has 3 rings (SSSR count). The molecule has 0 radical (unpaired) electrons. The van der Waals surface area contributed by atoms with Gasteiger partial charge in [-0.2, -0.15) is 0 Å². The number of likely N-dealkylation sites (tertiary alicyclic amines) is 1. The van der Waals surface area contributed by atoms with Crippen molar-refractivity contribution in [2.45, 2.75) is 16.6 Å². The number of amides is 2.